The molecule has 4 heteroatoms. The van der Waals surface area contributed by atoms with Crippen LogP contribution in [0.15, 0.2) is 18.2 Å². The molecule has 0 aliphatic heterocycles. The van der Waals surface area contributed by atoms with Crippen molar-refractivity contribution in [3.05, 3.63) is 29.6 Å². The molecule has 112 valence electrons. The average Bonchev–Trinajstić information content (AvgIpc) is 3.07. The van der Waals surface area contributed by atoms with Crippen LogP contribution in [0.25, 0.3) is 11.0 Å². The number of benzene rings is 1. The molecule has 1 aliphatic rings. The number of fused-ring (bicyclic) bond motifs is 1. The summed E-state index contributed by atoms with van der Waals surface area (Å²) in [6, 6.07) is 5.38. The summed E-state index contributed by atoms with van der Waals surface area (Å²) in [6.45, 7) is 5.13. The van der Waals surface area contributed by atoms with Gasteiger partial charge in [0, 0.05) is 12.5 Å². The quantitative estimate of drug-likeness (QED) is 0.922. The van der Waals surface area contributed by atoms with Crippen LogP contribution in [0.2, 0.25) is 0 Å². The third-order valence-corrected chi connectivity index (χ3v) is 4.46. The normalized spacial score (nSPS) is 16.1. The van der Waals surface area contributed by atoms with E-state index in [-0.39, 0.29) is 0 Å². The Kier molecular flexibility index (Phi) is 3.70. The second-order valence-electron chi connectivity index (χ2n) is 6.36. The van der Waals surface area contributed by atoms with Crippen molar-refractivity contribution >= 4 is 17.0 Å². The molecule has 2 aromatic rings. The Bertz CT molecular complexity index is 667. The number of nitrogens with zero attached hydrogens (tertiary/aromatic N) is 2. The molecule has 1 fully saturated rings. The zero-order valence-electron chi connectivity index (χ0n) is 12.7. The van der Waals surface area contributed by atoms with Crippen LogP contribution in [-0.2, 0) is 6.54 Å². The molecule has 0 amide bonds. The number of carboxylic acids is 1. The minimum atomic E-state index is -0.872. The summed E-state index contributed by atoms with van der Waals surface area (Å²) in [4.78, 5) is 16.2. The van der Waals surface area contributed by atoms with E-state index in [1.165, 1.54) is 25.7 Å². The lowest BCUT2D eigenvalue weighted by Gasteiger charge is -2.16. The maximum absolute atomic E-state index is 11.5. The van der Waals surface area contributed by atoms with E-state index in [0.717, 1.165) is 23.4 Å². The van der Waals surface area contributed by atoms with Crippen molar-refractivity contribution in [3.63, 3.8) is 0 Å². The number of para-hydroxylation sites is 1. The molecule has 0 saturated heterocycles. The highest BCUT2D eigenvalue weighted by Gasteiger charge is 2.23. The lowest BCUT2D eigenvalue weighted by atomic mass is 10.1. The third kappa shape index (κ3) is 2.55. The van der Waals surface area contributed by atoms with Crippen molar-refractivity contribution in [2.75, 3.05) is 0 Å². The van der Waals surface area contributed by atoms with Crippen LogP contribution in [0, 0.1) is 5.92 Å². The topological polar surface area (TPSA) is 55.1 Å². The van der Waals surface area contributed by atoms with Gasteiger partial charge in [0.15, 0.2) is 0 Å². The number of aromatic carboxylic acids is 1. The Hall–Kier alpha value is -1.84. The molecule has 1 N–H and O–H groups in total. The van der Waals surface area contributed by atoms with Gasteiger partial charge in [0.1, 0.15) is 5.82 Å². The van der Waals surface area contributed by atoms with Gasteiger partial charge in [0.2, 0.25) is 0 Å². The first-order chi connectivity index (χ1) is 10.1. The molecule has 0 unspecified atom stereocenters. The zero-order valence-corrected chi connectivity index (χ0v) is 12.7. The van der Waals surface area contributed by atoms with Crippen LogP contribution < -0.4 is 0 Å². The lowest BCUT2D eigenvalue weighted by Crippen LogP contribution is -2.13. The molecule has 4 nitrogen and oxygen atoms in total. The van der Waals surface area contributed by atoms with Crippen LogP contribution in [0.4, 0.5) is 0 Å². The van der Waals surface area contributed by atoms with Crippen molar-refractivity contribution in [1.29, 1.82) is 0 Å². The van der Waals surface area contributed by atoms with E-state index < -0.39 is 5.97 Å². The van der Waals surface area contributed by atoms with Gasteiger partial charge >= 0.3 is 5.97 Å². The minimum Gasteiger partial charge on any atom is -0.478 e. The van der Waals surface area contributed by atoms with Gasteiger partial charge in [-0.15, -0.1) is 0 Å². The third-order valence-electron chi connectivity index (χ3n) is 4.46. The Morgan fingerprint density at radius 1 is 1.38 bits per heavy atom. The van der Waals surface area contributed by atoms with Gasteiger partial charge in [0.25, 0.3) is 0 Å². The van der Waals surface area contributed by atoms with Crippen molar-refractivity contribution in [2.45, 2.75) is 52.0 Å². The van der Waals surface area contributed by atoms with Crippen LogP contribution in [-0.4, -0.2) is 20.6 Å². The number of hydrogen-bond acceptors (Lipinski definition) is 2. The van der Waals surface area contributed by atoms with E-state index in [2.05, 4.69) is 18.4 Å². The summed E-state index contributed by atoms with van der Waals surface area (Å²) in [6.07, 6.45) is 5.07. The standard InChI is InChI=1S/C17H22N2O2/c1-11(2)16-18-14-9-5-8-13(17(20)21)15(14)19(16)10-12-6-3-4-7-12/h5,8-9,11-12H,3-4,6-7,10H2,1-2H3,(H,20,21). The van der Waals surface area contributed by atoms with Crippen molar-refractivity contribution in [3.8, 4) is 0 Å². The first-order valence-electron chi connectivity index (χ1n) is 7.80. The first kappa shape index (κ1) is 14.1. The van der Waals surface area contributed by atoms with E-state index in [1.807, 2.05) is 6.07 Å². The number of aromatic nitrogens is 2. The van der Waals surface area contributed by atoms with Crippen molar-refractivity contribution in [1.82, 2.24) is 9.55 Å². The van der Waals surface area contributed by atoms with Crippen LogP contribution in [0.3, 0.4) is 0 Å². The molecule has 0 spiro atoms. The van der Waals surface area contributed by atoms with E-state index in [9.17, 15) is 9.90 Å². The number of carboxylic acid groups (broad SMARTS) is 1. The highest BCUT2D eigenvalue weighted by atomic mass is 16.4. The van der Waals surface area contributed by atoms with Gasteiger partial charge in [-0.05, 0) is 30.9 Å². The minimum absolute atomic E-state index is 0.292. The lowest BCUT2D eigenvalue weighted by molar-refractivity contribution is 0.0698. The summed E-state index contributed by atoms with van der Waals surface area (Å²) in [5, 5.41) is 9.47. The number of hydrogen-bond donors (Lipinski definition) is 1. The predicted molar refractivity (Wildman–Crippen MR) is 82.7 cm³/mol. The van der Waals surface area contributed by atoms with Gasteiger partial charge in [-0.25, -0.2) is 9.78 Å². The molecule has 21 heavy (non-hydrogen) atoms. The molecule has 0 atom stereocenters. The molecule has 1 aromatic carbocycles. The van der Waals surface area contributed by atoms with E-state index in [4.69, 9.17) is 4.98 Å². The van der Waals surface area contributed by atoms with Crippen LogP contribution >= 0.6 is 0 Å². The molecular formula is C17H22N2O2. The molecular weight excluding hydrogens is 264 g/mol. The molecule has 1 aliphatic carbocycles. The number of carbonyl (C=O) groups is 1. The summed E-state index contributed by atoms with van der Waals surface area (Å²) >= 11 is 0. The van der Waals surface area contributed by atoms with Crippen molar-refractivity contribution in [2.24, 2.45) is 5.92 Å². The second kappa shape index (κ2) is 5.51. The zero-order chi connectivity index (χ0) is 15.0. The number of rotatable bonds is 4. The van der Waals surface area contributed by atoms with Gasteiger partial charge in [-0.2, -0.15) is 0 Å². The van der Waals surface area contributed by atoms with Gasteiger partial charge in [0.05, 0.1) is 16.6 Å². The molecule has 0 bridgehead atoms. The Morgan fingerprint density at radius 2 is 2.10 bits per heavy atom. The Balaban J connectivity index is 2.16. The maximum atomic E-state index is 11.5. The fourth-order valence-electron chi connectivity index (χ4n) is 3.45. The van der Waals surface area contributed by atoms with Gasteiger partial charge < -0.3 is 9.67 Å². The van der Waals surface area contributed by atoms with Crippen molar-refractivity contribution < 1.29 is 9.90 Å². The fourth-order valence-corrected chi connectivity index (χ4v) is 3.45. The molecule has 3 rings (SSSR count). The highest BCUT2D eigenvalue weighted by molar-refractivity contribution is 6.01. The Labute approximate surface area is 124 Å². The molecule has 0 radical (unpaired) electrons. The van der Waals surface area contributed by atoms with E-state index >= 15 is 0 Å². The second-order valence-corrected chi connectivity index (χ2v) is 6.36. The Morgan fingerprint density at radius 3 is 2.71 bits per heavy atom. The highest BCUT2D eigenvalue weighted by Crippen LogP contribution is 2.31. The predicted octanol–water partition coefficient (Wildman–Crippen LogP) is 4.05. The molecule has 1 aromatic heterocycles. The average molecular weight is 286 g/mol. The first-order valence-corrected chi connectivity index (χ1v) is 7.80. The summed E-state index contributed by atoms with van der Waals surface area (Å²) in [5.41, 5.74) is 1.96. The molecule has 1 heterocycles. The van der Waals surface area contributed by atoms with Gasteiger partial charge in [-0.3, -0.25) is 0 Å². The summed E-state index contributed by atoms with van der Waals surface area (Å²) in [5.74, 6) is 1.08. The largest absolute Gasteiger partial charge is 0.478 e. The summed E-state index contributed by atoms with van der Waals surface area (Å²) in [7, 11) is 0. The summed E-state index contributed by atoms with van der Waals surface area (Å²) < 4.78 is 2.17. The van der Waals surface area contributed by atoms with Gasteiger partial charge in [-0.1, -0.05) is 32.8 Å². The van der Waals surface area contributed by atoms with Crippen LogP contribution in [0.5, 0.6) is 0 Å². The van der Waals surface area contributed by atoms with E-state index in [1.54, 1.807) is 12.1 Å². The SMILES string of the molecule is CC(C)c1nc2cccc(C(=O)O)c2n1CC1CCCC1. The van der Waals surface area contributed by atoms with E-state index in [0.29, 0.717) is 17.4 Å². The van der Waals surface area contributed by atoms with Crippen LogP contribution in [0.1, 0.15) is 61.6 Å². The smallest absolute Gasteiger partial charge is 0.337 e. The maximum Gasteiger partial charge on any atom is 0.337 e. The number of imidazole rings is 1. The monoisotopic (exact) mass is 286 g/mol. The molecule has 1 saturated carbocycles. The fraction of sp³-hybridized carbons (Fsp3) is 0.529.